The van der Waals surface area contributed by atoms with Crippen LogP contribution >= 0.6 is 0 Å². The topological polar surface area (TPSA) is 30.5 Å². The number of nitrogens with one attached hydrogen (secondary N) is 1. The molecule has 1 fully saturated rings. The van der Waals surface area contributed by atoms with Gasteiger partial charge in [-0.1, -0.05) is 24.6 Å². The maximum atomic E-state index is 5.61. The fourth-order valence-corrected chi connectivity index (χ4v) is 2.68. The first-order valence-electron chi connectivity index (χ1n) is 6.57. The first kappa shape index (κ1) is 13.4. The first-order valence-corrected chi connectivity index (χ1v) is 6.57. The van der Waals surface area contributed by atoms with E-state index in [1.54, 1.807) is 7.11 Å². The Hall–Kier alpha value is -1.06. The van der Waals surface area contributed by atoms with E-state index in [1.165, 1.54) is 16.7 Å². The van der Waals surface area contributed by atoms with Crippen molar-refractivity contribution in [2.24, 2.45) is 0 Å². The molecule has 1 aliphatic heterocycles. The van der Waals surface area contributed by atoms with Crippen LogP contribution in [0.1, 0.15) is 23.6 Å². The number of hydrogen-bond donors (Lipinski definition) is 1. The number of benzene rings is 1. The quantitative estimate of drug-likeness (QED) is 0.867. The molecule has 1 aliphatic rings. The number of aryl methyl sites for hydroxylation is 2. The Labute approximate surface area is 109 Å². The highest BCUT2D eigenvalue weighted by Crippen LogP contribution is 2.39. The van der Waals surface area contributed by atoms with Crippen LogP contribution in [0.2, 0.25) is 0 Å². The molecule has 1 N–H and O–H groups in total. The SMILES string of the molecule is CCNCC1(c2cc(C)cc(C)c2OC)COC1. The van der Waals surface area contributed by atoms with Crippen LogP contribution in [0, 0.1) is 13.8 Å². The van der Waals surface area contributed by atoms with Gasteiger partial charge in [-0.05, 0) is 26.0 Å². The molecule has 1 heterocycles. The van der Waals surface area contributed by atoms with Crippen molar-refractivity contribution in [3.63, 3.8) is 0 Å². The van der Waals surface area contributed by atoms with Crippen molar-refractivity contribution in [3.05, 3.63) is 28.8 Å². The summed E-state index contributed by atoms with van der Waals surface area (Å²) in [4.78, 5) is 0. The van der Waals surface area contributed by atoms with Crippen LogP contribution in [0.3, 0.4) is 0 Å². The Morgan fingerprint density at radius 2 is 2.06 bits per heavy atom. The molecular formula is C15H23NO2. The summed E-state index contributed by atoms with van der Waals surface area (Å²) in [5.41, 5.74) is 3.86. The van der Waals surface area contributed by atoms with Gasteiger partial charge in [0.2, 0.25) is 0 Å². The number of likely N-dealkylation sites (N-methyl/N-ethyl adjacent to an activating group) is 1. The van der Waals surface area contributed by atoms with E-state index in [9.17, 15) is 0 Å². The zero-order valence-electron chi connectivity index (χ0n) is 11.8. The Morgan fingerprint density at radius 3 is 2.56 bits per heavy atom. The predicted octanol–water partition coefficient (Wildman–Crippen LogP) is 2.19. The zero-order chi connectivity index (χ0) is 13.2. The van der Waals surface area contributed by atoms with Crippen molar-refractivity contribution in [3.8, 4) is 5.75 Å². The summed E-state index contributed by atoms with van der Waals surface area (Å²) in [6, 6.07) is 4.41. The van der Waals surface area contributed by atoms with Gasteiger partial charge in [0.05, 0.1) is 25.7 Å². The summed E-state index contributed by atoms with van der Waals surface area (Å²) in [7, 11) is 1.75. The second kappa shape index (κ2) is 5.29. The molecule has 1 aromatic carbocycles. The molecular weight excluding hydrogens is 226 g/mol. The summed E-state index contributed by atoms with van der Waals surface area (Å²) < 4.78 is 11.1. The lowest BCUT2D eigenvalue weighted by Gasteiger charge is -2.43. The second-order valence-corrected chi connectivity index (χ2v) is 5.22. The largest absolute Gasteiger partial charge is 0.496 e. The number of hydrogen-bond acceptors (Lipinski definition) is 3. The van der Waals surface area contributed by atoms with E-state index >= 15 is 0 Å². The average Bonchev–Trinajstić information content (AvgIpc) is 2.27. The van der Waals surface area contributed by atoms with Crippen LogP contribution in [-0.2, 0) is 10.2 Å². The Bertz CT molecular complexity index is 425. The second-order valence-electron chi connectivity index (χ2n) is 5.22. The molecule has 2 rings (SSSR count). The third-order valence-electron chi connectivity index (χ3n) is 3.66. The molecule has 0 amide bonds. The molecule has 1 saturated heterocycles. The number of methoxy groups -OCH3 is 1. The molecule has 100 valence electrons. The van der Waals surface area contributed by atoms with E-state index < -0.39 is 0 Å². The van der Waals surface area contributed by atoms with Crippen molar-refractivity contribution in [1.29, 1.82) is 0 Å². The van der Waals surface area contributed by atoms with Crippen LogP contribution in [0.15, 0.2) is 12.1 Å². The average molecular weight is 249 g/mol. The van der Waals surface area contributed by atoms with Crippen molar-refractivity contribution in [1.82, 2.24) is 5.32 Å². The predicted molar refractivity (Wildman–Crippen MR) is 73.5 cm³/mol. The standard InChI is InChI=1S/C15H23NO2/c1-5-16-8-15(9-18-10-15)13-7-11(2)6-12(3)14(13)17-4/h6-7,16H,5,8-10H2,1-4H3. The van der Waals surface area contributed by atoms with Gasteiger partial charge in [-0.3, -0.25) is 0 Å². The molecule has 3 nitrogen and oxygen atoms in total. The lowest BCUT2D eigenvalue weighted by Crippen LogP contribution is -2.53. The lowest BCUT2D eigenvalue weighted by atomic mass is 9.76. The Morgan fingerprint density at radius 1 is 1.33 bits per heavy atom. The minimum Gasteiger partial charge on any atom is -0.496 e. The van der Waals surface area contributed by atoms with Gasteiger partial charge in [-0.25, -0.2) is 0 Å². The molecule has 0 radical (unpaired) electrons. The molecule has 0 aromatic heterocycles. The van der Waals surface area contributed by atoms with Gasteiger partial charge >= 0.3 is 0 Å². The number of ether oxygens (including phenoxy) is 2. The molecule has 0 bridgehead atoms. The minimum atomic E-state index is 0.0815. The van der Waals surface area contributed by atoms with Gasteiger partial charge in [-0.15, -0.1) is 0 Å². The van der Waals surface area contributed by atoms with E-state index in [1.807, 2.05) is 0 Å². The van der Waals surface area contributed by atoms with Gasteiger partial charge in [-0.2, -0.15) is 0 Å². The maximum Gasteiger partial charge on any atom is 0.125 e. The highest BCUT2D eigenvalue weighted by atomic mass is 16.5. The summed E-state index contributed by atoms with van der Waals surface area (Å²) in [6.07, 6.45) is 0. The smallest absolute Gasteiger partial charge is 0.125 e. The maximum absolute atomic E-state index is 5.61. The van der Waals surface area contributed by atoms with Crippen molar-refractivity contribution >= 4 is 0 Å². The first-order chi connectivity index (χ1) is 8.63. The van der Waals surface area contributed by atoms with Gasteiger partial charge < -0.3 is 14.8 Å². The molecule has 0 aliphatic carbocycles. The molecule has 0 saturated carbocycles. The van der Waals surface area contributed by atoms with Crippen LogP contribution in [0.4, 0.5) is 0 Å². The minimum absolute atomic E-state index is 0.0815. The van der Waals surface area contributed by atoms with E-state index in [4.69, 9.17) is 9.47 Å². The zero-order valence-corrected chi connectivity index (χ0v) is 11.8. The highest BCUT2D eigenvalue weighted by molar-refractivity contribution is 5.49. The van der Waals surface area contributed by atoms with Crippen molar-refractivity contribution in [2.75, 3.05) is 33.4 Å². The van der Waals surface area contributed by atoms with Gasteiger partial charge in [0, 0.05) is 12.1 Å². The van der Waals surface area contributed by atoms with E-state index in [0.717, 1.165) is 32.1 Å². The van der Waals surface area contributed by atoms with Gasteiger partial charge in [0.1, 0.15) is 5.75 Å². The normalized spacial score (nSPS) is 17.3. The molecule has 3 heteroatoms. The summed E-state index contributed by atoms with van der Waals surface area (Å²) >= 11 is 0. The summed E-state index contributed by atoms with van der Waals surface area (Å²) in [6.45, 7) is 9.86. The van der Waals surface area contributed by atoms with Gasteiger partial charge in [0.15, 0.2) is 0 Å². The third kappa shape index (κ3) is 2.25. The Balaban J connectivity index is 2.41. The third-order valence-corrected chi connectivity index (χ3v) is 3.66. The van der Waals surface area contributed by atoms with E-state index in [0.29, 0.717) is 0 Å². The van der Waals surface area contributed by atoms with Crippen molar-refractivity contribution in [2.45, 2.75) is 26.2 Å². The fourth-order valence-electron chi connectivity index (χ4n) is 2.68. The summed E-state index contributed by atoms with van der Waals surface area (Å²) in [5.74, 6) is 1.02. The molecule has 1 aromatic rings. The molecule has 18 heavy (non-hydrogen) atoms. The molecule has 0 spiro atoms. The Kier molecular flexibility index (Phi) is 3.93. The van der Waals surface area contributed by atoms with E-state index in [-0.39, 0.29) is 5.41 Å². The highest BCUT2D eigenvalue weighted by Gasteiger charge is 2.42. The molecule has 0 atom stereocenters. The van der Waals surface area contributed by atoms with Gasteiger partial charge in [0.25, 0.3) is 0 Å². The van der Waals surface area contributed by atoms with Crippen LogP contribution < -0.4 is 10.1 Å². The fraction of sp³-hybridized carbons (Fsp3) is 0.600. The summed E-state index contributed by atoms with van der Waals surface area (Å²) in [5, 5.41) is 3.44. The number of rotatable bonds is 5. The van der Waals surface area contributed by atoms with Crippen molar-refractivity contribution < 1.29 is 9.47 Å². The van der Waals surface area contributed by atoms with Crippen LogP contribution in [0.25, 0.3) is 0 Å². The van der Waals surface area contributed by atoms with Crippen LogP contribution in [0.5, 0.6) is 5.75 Å². The van der Waals surface area contributed by atoms with Crippen LogP contribution in [-0.4, -0.2) is 33.4 Å². The van der Waals surface area contributed by atoms with E-state index in [2.05, 4.69) is 38.2 Å². The molecule has 0 unspecified atom stereocenters. The lowest BCUT2D eigenvalue weighted by molar-refractivity contribution is -0.0597. The monoisotopic (exact) mass is 249 g/mol.